The Hall–Kier alpha value is -0.810. The van der Waals surface area contributed by atoms with Gasteiger partial charge in [-0.25, -0.2) is 4.98 Å². The third kappa shape index (κ3) is 3.26. The van der Waals surface area contributed by atoms with Gasteiger partial charge < -0.3 is 10.2 Å². The van der Waals surface area contributed by atoms with Gasteiger partial charge in [0.1, 0.15) is 5.82 Å². The van der Waals surface area contributed by atoms with E-state index < -0.39 is 0 Å². The molecule has 1 saturated heterocycles. The summed E-state index contributed by atoms with van der Waals surface area (Å²) in [7, 11) is 0. The molecule has 0 radical (unpaired) electrons. The topological polar surface area (TPSA) is 45.2 Å². The van der Waals surface area contributed by atoms with Gasteiger partial charge in [0.2, 0.25) is 5.91 Å². The lowest BCUT2D eigenvalue weighted by atomic mass is 9.96. The number of pyridine rings is 1. The predicted octanol–water partition coefficient (Wildman–Crippen LogP) is 2.99. The number of rotatable bonds is 3. The molecule has 3 rings (SSSR count). The zero-order chi connectivity index (χ0) is 14.1. The van der Waals surface area contributed by atoms with Gasteiger partial charge in [0.05, 0.1) is 5.02 Å². The molecule has 1 amide bonds. The number of nitrogens with one attached hydrogen (secondary N) is 1. The van der Waals surface area contributed by atoms with Crippen LogP contribution in [-0.2, 0) is 4.79 Å². The van der Waals surface area contributed by atoms with E-state index in [0.29, 0.717) is 11.1 Å². The highest BCUT2D eigenvalue weighted by Crippen LogP contribution is 2.30. The van der Waals surface area contributed by atoms with Gasteiger partial charge >= 0.3 is 0 Å². The number of amides is 1. The van der Waals surface area contributed by atoms with Crippen LogP contribution in [0.4, 0.5) is 5.82 Å². The van der Waals surface area contributed by atoms with Gasteiger partial charge in [0.15, 0.2) is 0 Å². The van der Waals surface area contributed by atoms with Crippen LogP contribution in [0.2, 0.25) is 5.02 Å². The van der Waals surface area contributed by atoms with Crippen molar-refractivity contribution in [1.82, 2.24) is 10.3 Å². The lowest BCUT2D eigenvalue weighted by Gasteiger charge is -2.32. The molecule has 2 heterocycles. The molecule has 1 N–H and O–H groups in total. The third-order valence-corrected chi connectivity index (χ3v) is 4.59. The Bertz CT molecular complexity index is 513. The fourth-order valence-electron chi connectivity index (χ4n) is 2.54. The maximum atomic E-state index is 12.0. The van der Waals surface area contributed by atoms with Crippen molar-refractivity contribution in [2.24, 2.45) is 5.92 Å². The number of carbonyl (C=O) groups excluding carboxylic acids is 1. The van der Waals surface area contributed by atoms with E-state index in [4.69, 9.17) is 11.6 Å². The number of piperidine rings is 1. The third-order valence-electron chi connectivity index (χ3n) is 3.88. The molecule has 108 valence electrons. The first-order chi connectivity index (χ1) is 9.63. The van der Waals surface area contributed by atoms with E-state index in [1.165, 1.54) is 0 Å². The van der Waals surface area contributed by atoms with E-state index in [1.807, 2.05) is 6.07 Å². The zero-order valence-corrected chi connectivity index (χ0v) is 13.5. The maximum Gasteiger partial charge on any atom is 0.223 e. The molecule has 0 spiro atoms. The molecule has 20 heavy (non-hydrogen) atoms. The molecule has 1 aliphatic carbocycles. The van der Waals surface area contributed by atoms with Crippen molar-refractivity contribution in [2.45, 2.75) is 31.7 Å². The Labute approximate surface area is 132 Å². The molecule has 0 aromatic carbocycles. The lowest BCUT2D eigenvalue weighted by Crippen LogP contribution is -2.41. The second-order valence-electron chi connectivity index (χ2n) is 5.50. The average Bonchev–Trinajstić information content (AvgIpc) is 3.23. The molecule has 1 aromatic rings. The van der Waals surface area contributed by atoms with Gasteiger partial charge in [-0.2, -0.15) is 0 Å². The quantitative estimate of drug-likeness (QED) is 0.903. The van der Waals surface area contributed by atoms with Crippen molar-refractivity contribution in [1.29, 1.82) is 0 Å². The molecule has 6 heteroatoms. The fraction of sp³-hybridized carbons (Fsp3) is 0.571. The van der Waals surface area contributed by atoms with Crippen LogP contribution >= 0.6 is 27.5 Å². The van der Waals surface area contributed by atoms with Gasteiger partial charge in [0, 0.05) is 35.7 Å². The Morgan fingerprint density at radius 3 is 2.65 bits per heavy atom. The highest BCUT2D eigenvalue weighted by atomic mass is 79.9. The van der Waals surface area contributed by atoms with E-state index in [9.17, 15) is 4.79 Å². The van der Waals surface area contributed by atoms with Crippen LogP contribution in [0.25, 0.3) is 0 Å². The molecular weight excluding hydrogens is 342 g/mol. The monoisotopic (exact) mass is 357 g/mol. The minimum atomic E-state index is 0.140. The molecule has 1 aliphatic heterocycles. The van der Waals surface area contributed by atoms with Crippen molar-refractivity contribution < 1.29 is 4.79 Å². The predicted molar refractivity (Wildman–Crippen MR) is 83.0 cm³/mol. The van der Waals surface area contributed by atoms with Crippen LogP contribution in [0, 0.1) is 5.92 Å². The highest BCUT2D eigenvalue weighted by Gasteiger charge is 2.30. The Morgan fingerprint density at radius 2 is 2.05 bits per heavy atom. The molecular formula is C14H17BrClN3O. The van der Waals surface area contributed by atoms with Crippen LogP contribution < -0.4 is 10.2 Å². The van der Waals surface area contributed by atoms with Crippen molar-refractivity contribution in [3.8, 4) is 0 Å². The summed E-state index contributed by atoms with van der Waals surface area (Å²) in [6.45, 7) is 1.66. The van der Waals surface area contributed by atoms with Crippen molar-refractivity contribution in [2.75, 3.05) is 18.0 Å². The number of carbonyl (C=O) groups is 1. The van der Waals surface area contributed by atoms with E-state index in [2.05, 4.69) is 31.1 Å². The number of halogens is 2. The fourth-order valence-corrected chi connectivity index (χ4v) is 3.29. The minimum Gasteiger partial charge on any atom is -0.355 e. The van der Waals surface area contributed by atoms with Crippen molar-refractivity contribution in [3.63, 3.8) is 0 Å². The summed E-state index contributed by atoms with van der Waals surface area (Å²) >= 11 is 9.58. The summed E-state index contributed by atoms with van der Waals surface area (Å²) < 4.78 is 0.880. The minimum absolute atomic E-state index is 0.140. The number of aromatic nitrogens is 1. The molecule has 4 nitrogen and oxygen atoms in total. The Morgan fingerprint density at radius 1 is 1.35 bits per heavy atom. The largest absolute Gasteiger partial charge is 0.355 e. The first-order valence-electron chi connectivity index (χ1n) is 7.00. The number of anilines is 1. The number of nitrogens with zero attached hydrogens (tertiary/aromatic N) is 2. The smallest absolute Gasteiger partial charge is 0.223 e. The van der Waals surface area contributed by atoms with E-state index in [0.717, 1.165) is 49.1 Å². The van der Waals surface area contributed by atoms with Gasteiger partial charge in [-0.05, 0) is 47.7 Å². The van der Waals surface area contributed by atoms with Gasteiger partial charge in [-0.15, -0.1) is 0 Å². The van der Waals surface area contributed by atoms with Crippen LogP contribution in [0.5, 0.6) is 0 Å². The molecule has 1 saturated carbocycles. The second-order valence-corrected chi connectivity index (χ2v) is 6.83. The maximum absolute atomic E-state index is 12.0. The van der Waals surface area contributed by atoms with Gasteiger partial charge in [-0.3, -0.25) is 4.79 Å². The lowest BCUT2D eigenvalue weighted by molar-refractivity contribution is -0.125. The molecule has 0 bridgehead atoms. The van der Waals surface area contributed by atoms with E-state index >= 15 is 0 Å². The normalized spacial score (nSPS) is 20.0. The van der Waals surface area contributed by atoms with Crippen LogP contribution in [0.3, 0.4) is 0 Å². The number of hydrogen-bond donors (Lipinski definition) is 1. The average molecular weight is 359 g/mol. The van der Waals surface area contributed by atoms with Crippen LogP contribution in [0.1, 0.15) is 25.7 Å². The van der Waals surface area contributed by atoms with Crippen molar-refractivity contribution >= 4 is 39.3 Å². The standard InChI is InChI=1S/C14H17BrClN3O/c15-10-7-12(16)13(17-8-10)19-5-3-9(4-6-19)14(20)18-11-1-2-11/h7-9,11H,1-6H2,(H,18,20). The SMILES string of the molecule is O=C(NC1CC1)C1CCN(c2ncc(Br)cc2Cl)CC1. The summed E-state index contributed by atoms with van der Waals surface area (Å²) in [6.07, 6.45) is 5.78. The zero-order valence-electron chi connectivity index (χ0n) is 11.1. The van der Waals surface area contributed by atoms with Gasteiger partial charge in [0.25, 0.3) is 0 Å². The molecule has 0 unspecified atom stereocenters. The first-order valence-corrected chi connectivity index (χ1v) is 8.17. The summed E-state index contributed by atoms with van der Waals surface area (Å²) in [5.74, 6) is 1.18. The van der Waals surface area contributed by atoms with Crippen LogP contribution in [-0.4, -0.2) is 30.0 Å². The molecule has 0 atom stereocenters. The summed E-state index contributed by atoms with van der Waals surface area (Å²) in [5, 5.41) is 3.74. The Kier molecular flexibility index (Phi) is 4.17. The van der Waals surface area contributed by atoms with Gasteiger partial charge in [-0.1, -0.05) is 11.6 Å². The summed E-state index contributed by atoms with van der Waals surface area (Å²) in [6, 6.07) is 2.30. The first kappa shape index (κ1) is 14.1. The second kappa shape index (κ2) is 5.90. The molecule has 2 aliphatic rings. The summed E-state index contributed by atoms with van der Waals surface area (Å²) in [4.78, 5) is 18.6. The number of hydrogen-bond acceptors (Lipinski definition) is 3. The summed E-state index contributed by atoms with van der Waals surface area (Å²) in [5.41, 5.74) is 0. The Balaban J connectivity index is 1.58. The molecule has 1 aromatic heterocycles. The van der Waals surface area contributed by atoms with Crippen molar-refractivity contribution in [3.05, 3.63) is 21.8 Å². The highest BCUT2D eigenvalue weighted by molar-refractivity contribution is 9.10. The van der Waals surface area contributed by atoms with E-state index in [-0.39, 0.29) is 11.8 Å². The van der Waals surface area contributed by atoms with E-state index in [1.54, 1.807) is 6.20 Å². The van der Waals surface area contributed by atoms with Crippen LogP contribution in [0.15, 0.2) is 16.7 Å². The molecule has 2 fully saturated rings.